The average molecular weight is 177 g/mol. The largest absolute Gasteiger partial charge is 0.378 e. The summed E-state index contributed by atoms with van der Waals surface area (Å²) in [6.07, 6.45) is 0. The van der Waals surface area contributed by atoms with Gasteiger partial charge in [-0.25, -0.2) is 0 Å². The molecule has 3 heteroatoms. The van der Waals surface area contributed by atoms with Crippen molar-refractivity contribution in [2.75, 3.05) is 13.2 Å². The predicted molar refractivity (Wildman–Crippen MR) is 48.1 cm³/mol. The smallest absolute Gasteiger partial charge is 0.232 e. The molecule has 13 heavy (non-hydrogen) atoms. The fourth-order valence-electron chi connectivity index (χ4n) is 1.51. The highest BCUT2D eigenvalue weighted by molar-refractivity contribution is 5.88. The Morgan fingerprint density at radius 3 is 2.31 bits per heavy atom. The number of amides is 1. The Balaban J connectivity index is 2.38. The number of hydrogen-bond donors (Lipinski definition) is 1. The van der Waals surface area contributed by atoms with Crippen LogP contribution in [-0.4, -0.2) is 19.1 Å². The second-order valence-electron chi connectivity index (χ2n) is 3.31. The molecule has 1 aliphatic rings. The van der Waals surface area contributed by atoms with Gasteiger partial charge in [-0.2, -0.15) is 0 Å². The monoisotopic (exact) mass is 177 g/mol. The molecule has 3 nitrogen and oxygen atoms in total. The van der Waals surface area contributed by atoms with Gasteiger partial charge in [0.15, 0.2) is 0 Å². The number of rotatable bonds is 2. The molecule has 1 aromatic carbocycles. The van der Waals surface area contributed by atoms with Crippen LogP contribution in [0.5, 0.6) is 0 Å². The Hall–Kier alpha value is -1.35. The first kappa shape index (κ1) is 8.26. The van der Waals surface area contributed by atoms with Gasteiger partial charge in [0.25, 0.3) is 0 Å². The first-order valence-electron chi connectivity index (χ1n) is 4.19. The summed E-state index contributed by atoms with van der Waals surface area (Å²) in [5, 5.41) is 0. The quantitative estimate of drug-likeness (QED) is 0.712. The van der Waals surface area contributed by atoms with Crippen LogP contribution in [0.25, 0.3) is 0 Å². The Morgan fingerprint density at radius 1 is 1.31 bits per heavy atom. The van der Waals surface area contributed by atoms with Crippen molar-refractivity contribution in [2.24, 2.45) is 5.73 Å². The zero-order chi connectivity index (χ0) is 9.31. The van der Waals surface area contributed by atoms with Crippen molar-refractivity contribution in [3.05, 3.63) is 35.9 Å². The van der Waals surface area contributed by atoms with Crippen molar-refractivity contribution in [3.8, 4) is 0 Å². The highest BCUT2D eigenvalue weighted by Crippen LogP contribution is 2.31. The van der Waals surface area contributed by atoms with Crippen molar-refractivity contribution >= 4 is 5.91 Å². The first-order valence-corrected chi connectivity index (χ1v) is 4.19. The average Bonchev–Trinajstić information content (AvgIpc) is 2.03. The standard InChI is InChI=1S/C10H11NO2/c11-9(12)10(6-13-7-10)8-4-2-1-3-5-8/h1-5H,6-7H2,(H2,11,12). The van der Waals surface area contributed by atoms with Crippen LogP contribution in [0, 0.1) is 0 Å². The third-order valence-electron chi connectivity index (χ3n) is 2.49. The summed E-state index contributed by atoms with van der Waals surface area (Å²) in [5.74, 6) is -0.301. The Kier molecular flexibility index (Phi) is 1.81. The van der Waals surface area contributed by atoms with Crippen LogP contribution in [0.4, 0.5) is 0 Å². The van der Waals surface area contributed by atoms with Gasteiger partial charge in [0.05, 0.1) is 13.2 Å². The van der Waals surface area contributed by atoms with E-state index in [2.05, 4.69) is 0 Å². The molecule has 2 rings (SSSR count). The van der Waals surface area contributed by atoms with Gasteiger partial charge in [0, 0.05) is 0 Å². The predicted octanol–water partition coefficient (Wildman–Crippen LogP) is 0.440. The van der Waals surface area contributed by atoms with E-state index < -0.39 is 5.41 Å². The Labute approximate surface area is 76.5 Å². The lowest BCUT2D eigenvalue weighted by molar-refractivity contribution is -0.141. The number of nitrogens with two attached hydrogens (primary N) is 1. The molecule has 0 spiro atoms. The number of carbonyl (C=O) groups excluding carboxylic acids is 1. The fourth-order valence-corrected chi connectivity index (χ4v) is 1.51. The lowest BCUT2D eigenvalue weighted by Crippen LogP contribution is -2.56. The molecule has 0 unspecified atom stereocenters. The van der Waals surface area contributed by atoms with E-state index in [0.717, 1.165) is 5.56 Å². The summed E-state index contributed by atoms with van der Waals surface area (Å²) >= 11 is 0. The Bertz CT molecular complexity index is 317. The molecule has 68 valence electrons. The lowest BCUT2D eigenvalue weighted by Gasteiger charge is -2.38. The molecular weight excluding hydrogens is 166 g/mol. The molecule has 1 aliphatic heterocycles. The van der Waals surface area contributed by atoms with Gasteiger partial charge >= 0.3 is 0 Å². The number of hydrogen-bond acceptors (Lipinski definition) is 2. The fraction of sp³-hybridized carbons (Fsp3) is 0.300. The highest BCUT2D eigenvalue weighted by Gasteiger charge is 2.45. The number of carbonyl (C=O) groups is 1. The van der Waals surface area contributed by atoms with E-state index in [-0.39, 0.29) is 5.91 Å². The maximum absolute atomic E-state index is 11.2. The topological polar surface area (TPSA) is 52.3 Å². The van der Waals surface area contributed by atoms with Crippen LogP contribution in [0.2, 0.25) is 0 Å². The maximum atomic E-state index is 11.2. The molecule has 0 radical (unpaired) electrons. The zero-order valence-corrected chi connectivity index (χ0v) is 7.19. The third-order valence-corrected chi connectivity index (χ3v) is 2.49. The molecular formula is C10H11NO2. The van der Waals surface area contributed by atoms with E-state index in [1.807, 2.05) is 30.3 Å². The maximum Gasteiger partial charge on any atom is 0.232 e. The van der Waals surface area contributed by atoms with Gasteiger partial charge in [-0.1, -0.05) is 30.3 Å². The molecule has 1 fully saturated rings. The molecule has 1 saturated heterocycles. The molecule has 0 atom stereocenters. The summed E-state index contributed by atoms with van der Waals surface area (Å²) in [4.78, 5) is 11.2. The van der Waals surface area contributed by atoms with Crippen molar-refractivity contribution < 1.29 is 9.53 Å². The zero-order valence-electron chi connectivity index (χ0n) is 7.19. The van der Waals surface area contributed by atoms with Crippen LogP contribution in [-0.2, 0) is 14.9 Å². The van der Waals surface area contributed by atoms with Crippen LogP contribution in [0.15, 0.2) is 30.3 Å². The van der Waals surface area contributed by atoms with Gasteiger partial charge in [0.1, 0.15) is 5.41 Å². The summed E-state index contributed by atoms with van der Waals surface area (Å²) in [6, 6.07) is 9.54. The molecule has 1 aromatic rings. The first-order chi connectivity index (χ1) is 6.26. The molecule has 0 aromatic heterocycles. The minimum Gasteiger partial charge on any atom is -0.378 e. The van der Waals surface area contributed by atoms with E-state index in [1.54, 1.807) is 0 Å². The van der Waals surface area contributed by atoms with Crippen LogP contribution < -0.4 is 5.73 Å². The number of benzene rings is 1. The minimum atomic E-state index is -0.568. The van der Waals surface area contributed by atoms with Crippen molar-refractivity contribution in [2.45, 2.75) is 5.41 Å². The van der Waals surface area contributed by atoms with Gasteiger partial charge in [0.2, 0.25) is 5.91 Å². The van der Waals surface area contributed by atoms with Crippen LogP contribution in [0.1, 0.15) is 5.56 Å². The molecule has 1 amide bonds. The Morgan fingerprint density at radius 2 is 1.92 bits per heavy atom. The number of ether oxygens (including phenoxy) is 1. The van der Waals surface area contributed by atoms with E-state index >= 15 is 0 Å². The summed E-state index contributed by atoms with van der Waals surface area (Å²) in [5.41, 5.74) is 5.73. The van der Waals surface area contributed by atoms with E-state index in [1.165, 1.54) is 0 Å². The van der Waals surface area contributed by atoms with Crippen LogP contribution >= 0.6 is 0 Å². The molecule has 0 bridgehead atoms. The number of primary amides is 1. The molecule has 1 heterocycles. The van der Waals surface area contributed by atoms with Crippen molar-refractivity contribution in [1.82, 2.24) is 0 Å². The second-order valence-corrected chi connectivity index (χ2v) is 3.31. The minimum absolute atomic E-state index is 0.301. The van der Waals surface area contributed by atoms with Gasteiger partial charge < -0.3 is 10.5 Å². The van der Waals surface area contributed by atoms with E-state index in [0.29, 0.717) is 13.2 Å². The summed E-state index contributed by atoms with van der Waals surface area (Å²) < 4.78 is 5.05. The normalized spacial score (nSPS) is 19.1. The molecule has 0 aliphatic carbocycles. The van der Waals surface area contributed by atoms with E-state index in [9.17, 15) is 4.79 Å². The van der Waals surface area contributed by atoms with Gasteiger partial charge in [-0.15, -0.1) is 0 Å². The van der Waals surface area contributed by atoms with Gasteiger partial charge in [-0.3, -0.25) is 4.79 Å². The molecule has 0 saturated carbocycles. The van der Waals surface area contributed by atoms with Crippen molar-refractivity contribution in [1.29, 1.82) is 0 Å². The second kappa shape index (κ2) is 2.85. The van der Waals surface area contributed by atoms with Crippen LogP contribution in [0.3, 0.4) is 0 Å². The highest BCUT2D eigenvalue weighted by atomic mass is 16.5. The molecule has 2 N–H and O–H groups in total. The lowest BCUT2D eigenvalue weighted by atomic mass is 9.78. The van der Waals surface area contributed by atoms with E-state index in [4.69, 9.17) is 10.5 Å². The summed E-state index contributed by atoms with van der Waals surface area (Å²) in [7, 11) is 0. The third kappa shape index (κ3) is 1.12. The van der Waals surface area contributed by atoms with Gasteiger partial charge in [-0.05, 0) is 5.56 Å². The summed E-state index contributed by atoms with van der Waals surface area (Å²) in [6.45, 7) is 0.818. The SMILES string of the molecule is NC(=O)C1(c2ccccc2)COC1. The van der Waals surface area contributed by atoms with Crippen molar-refractivity contribution in [3.63, 3.8) is 0 Å².